The molecule has 2 fully saturated rings. The third-order valence-electron chi connectivity index (χ3n) is 7.55. The second kappa shape index (κ2) is 8.76. The molecule has 2 N–H and O–H groups in total. The van der Waals surface area contributed by atoms with Crippen molar-refractivity contribution in [2.45, 2.75) is 49.6 Å². The molecule has 1 aromatic carbocycles. The number of ether oxygens (including phenoxy) is 3. The number of aromatic nitrogens is 5. The quantitative estimate of drug-likeness (QED) is 0.411. The van der Waals surface area contributed by atoms with Crippen LogP contribution in [0.3, 0.4) is 0 Å². The van der Waals surface area contributed by atoms with Crippen LogP contribution in [0.15, 0.2) is 30.7 Å². The fourth-order valence-corrected chi connectivity index (χ4v) is 6.01. The van der Waals surface area contributed by atoms with Crippen LogP contribution in [0.2, 0.25) is 5.02 Å². The van der Waals surface area contributed by atoms with E-state index < -0.39 is 6.10 Å². The molecule has 1 unspecified atom stereocenters. The number of halogens is 2. The van der Waals surface area contributed by atoms with Gasteiger partial charge in [-0.1, -0.05) is 11.6 Å². The number of fused-ring (bicyclic) bond motifs is 3. The van der Waals surface area contributed by atoms with Gasteiger partial charge in [0.15, 0.2) is 11.8 Å². The van der Waals surface area contributed by atoms with E-state index in [2.05, 4.69) is 15.0 Å². The molecule has 11 heteroatoms. The zero-order valence-electron chi connectivity index (χ0n) is 20.0. The maximum atomic E-state index is 15.3. The van der Waals surface area contributed by atoms with Gasteiger partial charge >= 0.3 is 0 Å². The van der Waals surface area contributed by atoms with Gasteiger partial charge in [0, 0.05) is 18.8 Å². The maximum absolute atomic E-state index is 15.3. The van der Waals surface area contributed by atoms with Gasteiger partial charge in [-0.05, 0) is 54.5 Å². The molecule has 3 aliphatic rings. The predicted octanol–water partition coefficient (Wildman–Crippen LogP) is 3.33. The summed E-state index contributed by atoms with van der Waals surface area (Å²) < 4.78 is 34.4. The molecule has 9 nitrogen and oxygen atoms in total. The Labute approximate surface area is 216 Å². The fraction of sp³-hybridized carbons (Fsp3) is 0.423. The van der Waals surface area contributed by atoms with Crippen LogP contribution in [0.5, 0.6) is 6.01 Å². The molecule has 0 bridgehead atoms. The molecule has 5 atom stereocenters. The highest BCUT2D eigenvalue weighted by atomic mass is 35.5. The molecule has 0 amide bonds. The standard InChI is InChI=1S/C26H25ClFN5O4/c1-33-8-19(29-11-33)14-4-12-2-3-13(22(12)16(28)5-14)6-17-15(27)7-18-25(30-17)32-26(31-18)37-21-10-36-23-20(34)9-35-24(21)23/h4-5,7-8,11,13,20-21,23-24,34H,2-3,6,9-10H2,1H3,(H,30,31,32)/t13?,20-,21-,23-,24-/m1/s1. The minimum absolute atomic E-state index is 0.0246. The van der Waals surface area contributed by atoms with E-state index >= 15 is 4.39 Å². The Morgan fingerprint density at radius 2 is 2.08 bits per heavy atom. The Morgan fingerprint density at radius 1 is 1.22 bits per heavy atom. The van der Waals surface area contributed by atoms with Crippen molar-refractivity contribution < 1.29 is 23.7 Å². The van der Waals surface area contributed by atoms with Gasteiger partial charge in [-0.3, -0.25) is 0 Å². The van der Waals surface area contributed by atoms with Crippen LogP contribution in [0.1, 0.15) is 29.2 Å². The Morgan fingerprint density at radius 3 is 2.92 bits per heavy atom. The molecule has 2 aliphatic heterocycles. The third kappa shape index (κ3) is 3.99. The number of hydrogen-bond acceptors (Lipinski definition) is 7. The molecule has 1 aliphatic carbocycles. The number of imidazole rings is 2. The summed E-state index contributed by atoms with van der Waals surface area (Å²) in [6.45, 7) is 0.531. The summed E-state index contributed by atoms with van der Waals surface area (Å²) in [6.07, 6.45) is 3.96. The van der Waals surface area contributed by atoms with Crippen molar-refractivity contribution in [1.82, 2.24) is 24.5 Å². The molecular weight excluding hydrogens is 501 g/mol. The van der Waals surface area contributed by atoms with E-state index in [1.165, 1.54) is 0 Å². The summed E-state index contributed by atoms with van der Waals surface area (Å²) in [5, 5.41) is 10.4. The average Bonchev–Trinajstić information content (AvgIpc) is 3.67. The van der Waals surface area contributed by atoms with Crippen molar-refractivity contribution in [2.24, 2.45) is 7.05 Å². The van der Waals surface area contributed by atoms with Crippen LogP contribution in [0.25, 0.3) is 22.4 Å². The van der Waals surface area contributed by atoms with Crippen molar-refractivity contribution in [3.05, 3.63) is 58.4 Å². The van der Waals surface area contributed by atoms with Gasteiger partial charge in [0.25, 0.3) is 6.01 Å². The van der Waals surface area contributed by atoms with Crippen molar-refractivity contribution in [2.75, 3.05) is 13.2 Å². The first-order valence-corrected chi connectivity index (χ1v) is 12.7. The zero-order chi connectivity index (χ0) is 25.3. The van der Waals surface area contributed by atoms with E-state index in [-0.39, 0.29) is 42.7 Å². The van der Waals surface area contributed by atoms with Crippen LogP contribution in [0.4, 0.5) is 4.39 Å². The summed E-state index contributed by atoms with van der Waals surface area (Å²) in [6, 6.07) is 5.67. The Hall–Kier alpha value is -3.05. The number of rotatable bonds is 5. The van der Waals surface area contributed by atoms with Gasteiger partial charge in [-0.2, -0.15) is 4.98 Å². The smallest absolute Gasteiger partial charge is 0.296 e. The molecular formula is C26H25ClFN5O4. The number of nitrogens with one attached hydrogen (secondary N) is 1. The molecule has 37 heavy (non-hydrogen) atoms. The number of aliphatic hydroxyl groups excluding tert-OH is 1. The molecule has 192 valence electrons. The lowest BCUT2D eigenvalue weighted by molar-refractivity contribution is 0.00706. The number of H-pyrrole nitrogens is 1. The van der Waals surface area contributed by atoms with Crippen LogP contribution < -0.4 is 4.74 Å². The van der Waals surface area contributed by atoms with E-state index in [9.17, 15) is 5.11 Å². The second-order valence-corrected chi connectivity index (χ2v) is 10.5. The van der Waals surface area contributed by atoms with Crippen molar-refractivity contribution in [3.63, 3.8) is 0 Å². The second-order valence-electron chi connectivity index (χ2n) is 10.0. The van der Waals surface area contributed by atoms with Crippen molar-refractivity contribution in [3.8, 4) is 17.3 Å². The first kappa shape index (κ1) is 23.1. The van der Waals surface area contributed by atoms with E-state index in [0.29, 0.717) is 34.9 Å². The van der Waals surface area contributed by atoms with Crippen LogP contribution >= 0.6 is 11.6 Å². The van der Waals surface area contributed by atoms with Crippen molar-refractivity contribution >= 4 is 22.8 Å². The summed E-state index contributed by atoms with van der Waals surface area (Å²) in [4.78, 5) is 16.6. The summed E-state index contributed by atoms with van der Waals surface area (Å²) >= 11 is 6.60. The van der Waals surface area contributed by atoms with Gasteiger partial charge in [-0.25, -0.2) is 14.4 Å². The molecule has 7 rings (SSSR count). The largest absolute Gasteiger partial charge is 0.456 e. The topological polar surface area (TPSA) is 107 Å². The zero-order valence-corrected chi connectivity index (χ0v) is 20.8. The summed E-state index contributed by atoms with van der Waals surface area (Å²) in [7, 11) is 1.89. The number of hydrogen-bond donors (Lipinski definition) is 2. The minimum Gasteiger partial charge on any atom is -0.456 e. The minimum atomic E-state index is -0.649. The first-order chi connectivity index (χ1) is 17.9. The van der Waals surface area contributed by atoms with E-state index in [1.807, 2.05) is 23.9 Å². The molecule has 0 saturated carbocycles. The molecule has 0 radical (unpaired) electrons. The summed E-state index contributed by atoms with van der Waals surface area (Å²) in [5.41, 5.74) is 5.08. The Bertz CT molecular complexity index is 1510. The van der Waals surface area contributed by atoms with Gasteiger partial charge < -0.3 is 28.9 Å². The monoisotopic (exact) mass is 525 g/mol. The normalized spacial score (nSPS) is 26.6. The van der Waals surface area contributed by atoms with Gasteiger partial charge in [0.05, 0.1) is 41.5 Å². The van der Waals surface area contributed by atoms with Gasteiger partial charge in [-0.15, -0.1) is 0 Å². The Kier molecular flexibility index (Phi) is 5.47. The van der Waals surface area contributed by atoms with E-state index in [1.54, 1.807) is 18.5 Å². The van der Waals surface area contributed by atoms with Crippen LogP contribution in [-0.4, -0.2) is 67.2 Å². The highest BCUT2D eigenvalue weighted by Crippen LogP contribution is 2.40. The van der Waals surface area contributed by atoms with E-state index in [0.717, 1.165) is 35.2 Å². The van der Waals surface area contributed by atoms with Crippen LogP contribution in [-0.2, 0) is 29.4 Å². The average molecular weight is 526 g/mol. The lowest BCUT2D eigenvalue weighted by Crippen LogP contribution is -2.34. The number of aryl methyl sites for hydroxylation is 2. The maximum Gasteiger partial charge on any atom is 0.296 e. The van der Waals surface area contributed by atoms with Crippen LogP contribution in [0, 0.1) is 5.82 Å². The lowest BCUT2D eigenvalue weighted by Gasteiger charge is -2.15. The predicted molar refractivity (Wildman–Crippen MR) is 132 cm³/mol. The molecule has 3 aromatic heterocycles. The first-order valence-electron chi connectivity index (χ1n) is 12.4. The number of aliphatic hydroxyl groups is 1. The lowest BCUT2D eigenvalue weighted by atomic mass is 9.94. The molecule has 0 spiro atoms. The number of nitrogens with zero attached hydrogens (tertiary/aromatic N) is 4. The summed E-state index contributed by atoms with van der Waals surface area (Å²) in [5.74, 6) is -0.243. The molecule has 5 heterocycles. The van der Waals surface area contributed by atoms with Gasteiger partial charge in [0.2, 0.25) is 0 Å². The Balaban J connectivity index is 1.12. The highest BCUT2D eigenvalue weighted by molar-refractivity contribution is 6.31. The molecule has 4 aromatic rings. The third-order valence-corrected chi connectivity index (χ3v) is 7.88. The number of aromatic amines is 1. The molecule has 2 saturated heterocycles. The van der Waals surface area contributed by atoms with Crippen molar-refractivity contribution in [1.29, 1.82) is 0 Å². The SMILES string of the molecule is Cn1cnc(-c2cc(F)c3c(c2)CCC3Cc2nc3nc(O[C@@H]4CO[C@H]5[C@@H]4OC[C@H]5O)[nH]c3cc2Cl)c1. The fourth-order valence-electron chi connectivity index (χ4n) is 5.78. The van der Waals surface area contributed by atoms with E-state index in [4.69, 9.17) is 30.8 Å². The number of pyridine rings is 1. The number of benzene rings is 1. The highest BCUT2D eigenvalue weighted by Gasteiger charge is 2.48. The van der Waals surface area contributed by atoms with Gasteiger partial charge in [0.1, 0.15) is 24.1 Å².